The van der Waals surface area contributed by atoms with Crippen molar-refractivity contribution in [3.63, 3.8) is 0 Å². The van der Waals surface area contributed by atoms with Crippen LogP contribution in [0.4, 0.5) is 48.3 Å². The van der Waals surface area contributed by atoms with E-state index in [9.17, 15) is 48.3 Å². The summed E-state index contributed by atoms with van der Waals surface area (Å²) in [4.78, 5) is 0. The van der Waals surface area contributed by atoms with Gasteiger partial charge in [-0.25, -0.2) is 31.1 Å². The molecule has 44 heavy (non-hydrogen) atoms. The SMILES string of the molecule is CCCC12COC(c3cc(F)c(/C=C/c4cc(F)c(-c5cc(F)c(C(F)(F)OC(F)(F)F)c(F)c5)c(F)c4)c(F)c3)(OC1)O2. The monoisotopic (exact) mass is 640 g/mol. The zero-order valence-electron chi connectivity index (χ0n) is 22.2. The Balaban J connectivity index is 1.40. The molecule has 0 aliphatic carbocycles. The van der Waals surface area contributed by atoms with Gasteiger partial charge in [-0.3, -0.25) is 0 Å². The summed E-state index contributed by atoms with van der Waals surface area (Å²) >= 11 is 0. The molecule has 0 N–H and O–H groups in total. The molecule has 2 bridgehead atoms. The summed E-state index contributed by atoms with van der Waals surface area (Å²) in [6.07, 6.45) is -8.37. The van der Waals surface area contributed by atoms with Gasteiger partial charge in [-0.05, 0) is 60.0 Å². The molecule has 0 saturated carbocycles. The van der Waals surface area contributed by atoms with Gasteiger partial charge in [0.25, 0.3) is 0 Å². The zero-order valence-corrected chi connectivity index (χ0v) is 22.2. The van der Waals surface area contributed by atoms with Gasteiger partial charge in [-0.2, -0.15) is 8.78 Å². The van der Waals surface area contributed by atoms with E-state index < -0.39 is 81.2 Å². The summed E-state index contributed by atoms with van der Waals surface area (Å²) < 4.78 is 172. The van der Waals surface area contributed by atoms with Crippen LogP contribution < -0.4 is 0 Å². The Hall–Kier alpha value is -3.53. The van der Waals surface area contributed by atoms with Crippen molar-refractivity contribution in [2.75, 3.05) is 13.2 Å². The van der Waals surface area contributed by atoms with Crippen molar-refractivity contribution in [1.82, 2.24) is 0 Å². The molecule has 3 aromatic carbocycles. The molecule has 2 fully saturated rings. The minimum absolute atomic E-state index is 0.00694. The van der Waals surface area contributed by atoms with E-state index in [1.165, 1.54) is 0 Å². The molecule has 2 aliphatic rings. The van der Waals surface area contributed by atoms with E-state index in [1.807, 2.05) is 6.92 Å². The molecule has 15 heteroatoms. The lowest BCUT2D eigenvalue weighted by Gasteiger charge is -2.24. The second kappa shape index (κ2) is 11.1. The second-order valence-electron chi connectivity index (χ2n) is 10.1. The van der Waals surface area contributed by atoms with E-state index >= 15 is 0 Å². The summed E-state index contributed by atoms with van der Waals surface area (Å²) in [5.41, 5.74) is -6.30. The Bertz CT molecular complexity index is 1560. The van der Waals surface area contributed by atoms with Crippen LogP contribution >= 0.6 is 0 Å². The quantitative estimate of drug-likeness (QED) is 0.183. The number of alkyl halides is 5. The smallest absolute Gasteiger partial charge is 0.320 e. The van der Waals surface area contributed by atoms with Crippen LogP contribution in [-0.4, -0.2) is 25.2 Å². The highest BCUT2D eigenvalue weighted by molar-refractivity contribution is 5.73. The molecular formula is C29H19F11O4. The number of hydrogen-bond donors (Lipinski definition) is 0. The third-order valence-corrected chi connectivity index (χ3v) is 6.91. The lowest BCUT2D eigenvalue weighted by atomic mass is 9.99. The molecule has 4 nitrogen and oxygen atoms in total. The van der Waals surface area contributed by atoms with E-state index in [1.54, 1.807) is 0 Å². The Labute approximate surface area is 241 Å². The van der Waals surface area contributed by atoms with Crippen LogP contribution in [0.15, 0.2) is 36.4 Å². The van der Waals surface area contributed by atoms with Crippen LogP contribution in [0.25, 0.3) is 23.3 Å². The van der Waals surface area contributed by atoms with Crippen molar-refractivity contribution < 1.29 is 67.2 Å². The van der Waals surface area contributed by atoms with Gasteiger partial charge in [-0.1, -0.05) is 19.4 Å². The lowest BCUT2D eigenvalue weighted by molar-refractivity contribution is -0.432. The van der Waals surface area contributed by atoms with E-state index in [2.05, 4.69) is 4.74 Å². The van der Waals surface area contributed by atoms with E-state index in [4.69, 9.17) is 14.2 Å². The molecule has 236 valence electrons. The normalized spacial score (nSPS) is 22.0. The van der Waals surface area contributed by atoms with Crippen molar-refractivity contribution in [3.8, 4) is 11.1 Å². The first-order chi connectivity index (χ1) is 20.5. The maximum Gasteiger partial charge on any atom is 0.527 e. The van der Waals surface area contributed by atoms with Gasteiger partial charge in [0.05, 0.1) is 18.8 Å². The van der Waals surface area contributed by atoms with Gasteiger partial charge in [0.15, 0.2) is 0 Å². The van der Waals surface area contributed by atoms with Gasteiger partial charge in [0.2, 0.25) is 0 Å². The van der Waals surface area contributed by atoms with Crippen molar-refractivity contribution in [3.05, 3.63) is 93.6 Å². The Kier molecular flexibility index (Phi) is 8.06. The van der Waals surface area contributed by atoms with Crippen LogP contribution in [0.1, 0.15) is 42.0 Å². The van der Waals surface area contributed by atoms with Crippen LogP contribution in [0.5, 0.6) is 0 Å². The fourth-order valence-electron chi connectivity index (χ4n) is 5.07. The zero-order chi connectivity index (χ0) is 32.2. The lowest BCUT2D eigenvalue weighted by Crippen LogP contribution is -2.35. The maximum atomic E-state index is 15.0. The molecule has 0 amide bonds. The fraction of sp³-hybridized carbons (Fsp3) is 0.310. The summed E-state index contributed by atoms with van der Waals surface area (Å²) in [7, 11) is 0. The summed E-state index contributed by atoms with van der Waals surface area (Å²) in [6.45, 7) is 2.23. The minimum Gasteiger partial charge on any atom is -0.320 e. The standard InChI is InChI=1S/C29H19F11O4/c1-2-5-26-12-41-28(43-26,42-13-26)16-10-18(30)17(19(31)11-16)4-3-14-6-20(32)24(21(33)7-14)15-8-22(34)25(23(35)9-15)27(36,37)44-29(38,39)40/h3-4,6-11H,2,5,12-13H2,1H3/b4-3+. The van der Waals surface area contributed by atoms with Crippen LogP contribution in [-0.2, 0) is 31.0 Å². The summed E-state index contributed by atoms with van der Waals surface area (Å²) in [6, 6.07) is 3.01. The maximum absolute atomic E-state index is 15.0. The highest BCUT2D eigenvalue weighted by Gasteiger charge is 2.59. The van der Waals surface area contributed by atoms with E-state index in [0.717, 1.165) is 30.7 Å². The molecule has 2 aliphatic heterocycles. The third kappa shape index (κ3) is 5.93. The van der Waals surface area contributed by atoms with Crippen molar-refractivity contribution in [1.29, 1.82) is 0 Å². The van der Waals surface area contributed by atoms with E-state index in [0.29, 0.717) is 18.6 Å². The largest absolute Gasteiger partial charge is 0.527 e. The number of halogens is 11. The van der Waals surface area contributed by atoms with Crippen molar-refractivity contribution in [2.45, 2.75) is 43.8 Å². The van der Waals surface area contributed by atoms with Gasteiger partial charge in [-0.15, -0.1) is 13.2 Å². The third-order valence-electron chi connectivity index (χ3n) is 6.91. The molecule has 0 radical (unpaired) electrons. The van der Waals surface area contributed by atoms with E-state index in [-0.39, 0.29) is 36.5 Å². The van der Waals surface area contributed by atoms with Gasteiger partial charge < -0.3 is 14.2 Å². The minimum atomic E-state index is -5.97. The molecule has 5 rings (SSSR count). The number of fused-ring (bicyclic) bond motifs is 2. The number of hydrogen-bond acceptors (Lipinski definition) is 4. The van der Waals surface area contributed by atoms with Crippen LogP contribution in [0.3, 0.4) is 0 Å². The van der Waals surface area contributed by atoms with Crippen LogP contribution in [0.2, 0.25) is 0 Å². The van der Waals surface area contributed by atoms with Gasteiger partial charge in [0, 0.05) is 11.1 Å². The average Bonchev–Trinajstić information content (AvgIpc) is 3.43. The van der Waals surface area contributed by atoms with Gasteiger partial charge in [0.1, 0.15) is 46.1 Å². The molecule has 0 atom stereocenters. The first-order valence-corrected chi connectivity index (χ1v) is 12.8. The summed E-state index contributed by atoms with van der Waals surface area (Å²) in [5, 5.41) is 0. The molecule has 2 saturated heterocycles. The predicted molar refractivity (Wildman–Crippen MR) is 130 cm³/mol. The van der Waals surface area contributed by atoms with Gasteiger partial charge >= 0.3 is 18.4 Å². The molecule has 0 spiro atoms. The molecule has 3 aromatic rings. The average molecular weight is 640 g/mol. The number of ether oxygens (including phenoxy) is 4. The first-order valence-electron chi connectivity index (χ1n) is 12.8. The van der Waals surface area contributed by atoms with Crippen molar-refractivity contribution in [2.24, 2.45) is 0 Å². The summed E-state index contributed by atoms with van der Waals surface area (Å²) in [5.74, 6) is -11.5. The number of benzene rings is 3. The predicted octanol–water partition coefficient (Wildman–Crippen LogP) is 8.67. The highest BCUT2D eigenvalue weighted by Crippen LogP contribution is 2.49. The van der Waals surface area contributed by atoms with Crippen LogP contribution in [0, 0.1) is 34.9 Å². The topological polar surface area (TPSA) is 36.9 Å². The molecule has 2 heterocycles. The first kappa shape index (κ1) is 31.9. The molecule has 0 unspecified atom stereocenters. The Morgan fingerprint density at radius 2 is 1.30 bits per heavy atom. The van der Waals surface area contributed by atoms with Crippen molar-refractivity contribution >= 4 is 12.2 Å². The Morgan fingerprint density at radius 3 is 1.80 bits per heavy atom. The highest BCUT2D eigenvalue weighted by atomic mass is 19.4. The molecular weight excluding hydrogens is 621 g/mol. The Morgan fingerprint density at radius 1 is 0.750 bits per heavy atom. The fourth-order valence-corrected chi connectivity index (χ4v) is 5.07. The number of rotatable bonds is 8. The second-order valence-corrected chi connectivity index (χ2v) is 10.1. The molecule has 0 aromatic heterocycles.